The summed E-state index contributed by atoms with van der Waals surface area (Å²) in [6, 6.07) is 7.03. The van der Waals surface area contributed by atoms with Gasteiger partial charge >= 0.3 is 6.09 Å². The van der Waals surface area contributed by atoms with E-state index in [0.717, 1.165) is 24.3 Å². The van der Waals surface area contributed by atoms with E-state index < -0.39 is 17.7 Å². The van der Waals surface area contributed by atoms with Gasteiger partial charge in [-0.3, -0.25) is 4.79 Å². The molecule has 1 aromatic heterocycles. The van der Waals surface area contributed by atoms with Crippen LogP contribution in [-0.4, -0.2) is 59.6 Å². The zero-order valence-electron chi connectivity index (χ0n) is 22.7. The minimum absolute atomic E-state index is 0.0341. The second kappa shape index (κ2) is 12.0. The Labute approximate surface area is 219 Å². The summed E-state index contributed by atoms with van der Waals surface area (Å²) < 4.78 is 10.6. The first-order chi connectivity index (χ1) is 17.5. The average molecular weight is 508 g/mol. The molecule has 0 radical (unpaired) electrons. The minimum atomic E-state index is -0.601. The molecular weight excluding hydrogens is 470 g/mol. The Hall–Kier alpha value is -3.80. The average Bonchev–Trinajstić information content (AvgIpc) is 2.84. The number of ether oxygens (including phenoxy) is 2. The van der Waals surface area contributed by atoms with Crippen LogP contribution in [0.2, 0.25) is 0 Å². The van der Waals surface area contributed by atoms with Gasteiger partial charge in [0.25, 0.3) is 0 Å². The Kier molecular flexibility index (Phi) is 8.98. The predicted molar refractivity (Wildman–Crippen MR) is 144 cm³/mol. The summed E-state index contributed by atoms with van der Waals surface area (Å²) in [4.78, 5) is 35.2. The fraction of sp³-hybridized carbons (Fsp3) is 0.500. The van der Waals surface area contributed by atoms with Gasteiger partial charge in [0.1, 0.15) is 11.4 Å². The molecule has 0 saturated heterocycles. The topological polar surface area (TPSA) is 106 Å². The van der Waals surface area contributed by atoms with E-state index in [4.69, 9.17) is 9.47 Å². The van der Waals surface area contributed by atoms with Crippen molar-refractivity contribution < 1.29 is 19.1 Å². The van der Waals surface area contributed by atoms with Gasteiger partial charge in [-0.15, -0.1) is 0 Å². The molecule has 2 N–H and O–H groups in total. The third-order valence-electron chi connectivity index (χ3n) is 6.23. The van der Waals surface area contributed by atoms with Gasteiger partial charge in [0, 0.05) is 32.1 Å². The van der Waals surface area contributed by atoms with Crippen LogP contribution in [0.25, 0.3) is 0 Å². The maximum atomic E-state index is 12.7. The van der Waals surface area contributed by atoms with Crippen molar-refractivity contribution in [3.63, 3.8) is 0 Å². The van der Waals surface area contributed by atoms with E-state index in [-0.39, 0.29) is 17.6 Å². The van der Waals surface area contributed by atoms with E-state index in [1.54, 1.807) is 55.1 Å². The van der Waals surface area contributed by atoms with Crippen molar-refractivity contribution in [3.05, 3.63) is 36.0 Å². The lowest BCUT2D eigenvalue weighted by Gasteiger charge is -2.33. The lowest BCUT2D eigenvalue weighted by Crippen LogP contribution is -2.44. The summed E-state index contributed by atoms with van der Waals surface area (Å²) in [6.45, 7) is 7.16. The molecular formula is C28H37N5O4. The zero-order valence-corrected chi connectivity index (χ0v) is 22.7. The van der Waals surface area contributed by atoms with Gasteiger partial charge in [0.05, 0.1) is 24.9 Å². The highest BCUT2D eigenvalue weighted by molar-refractivity contribution is 5.87. The van der Waals surface area contributed by atoms with Crippen molar-refractivity contribution in [1.29, 1.82) is 0 Å². The number of methoxy groups -OCH3 is 1. The Morgan fingerprint density at radius 1 is 1.22 bits per heavy atom. The number of carbonyl (C=O) groups excluding carboxylic acids is 2. The Balaban J connectivity index is 1.57. The van der Waals surface area contributed by atoms with E-state index in [2.05, 4.69) is 32.4 Å². The molecule has 9 nitrogen and oxygen atoms in total. The van der Waals surface area contributed by atoms with E-state index >= 15 is 0 Å². The lowest BCUT2D eigenvalue weighted by atomic mass is 9.72. The number of Topliss-reactive ketones (excluding diaryl/α,β-unsaturated/α-hetero) is 1. The number of nitrogens with zero attached hydrogens (tertiary/aromatic N) is 3. The number of rotatable bonds is 8. The molecule has 0 spiro atoms. The third kappa shape index (κ3) is 7.84. The van der Waals surface area contributed by atoms with Gasteiger partial charge in [0.15, 0.2) is 11.6 Å². The first-order valence-electron chi connectivity index (χ1n) is 12.4. The van der Waals surface area contributed by atoms with Gasteiger partial charge in [-0.1, -0.05) is 11.8 Å². The number of nitrogens with one attached hydrogen (secondary N) is 2. The van der Waals surface area contributed by atoms with Crippen molar-refractivity contribution in [2.45, 2.75) is 58.6 Å². The number of aromatic nitrogens is 2. The van der Waals surface area contributed by atoms with Crippen LogP contribution in [0.4, 0.5) is 22.2 Å². The fourth-order valence-electron chi connectivity index (χ4n) is 3.86. The second-order valence-corrected chi connectivity index (χ2v) is 10.3. The number of ketones is 1. The highest BCUT2D eigenvalue weighted by Gasteiger charge is 2.33. The molecule has 198 valence electrons. The van der Waals surface area contributed by atoms with E-state index in [1.165, 1.54) is 4.90 Å². The van der Waals surface area contributed by atoms with Crippen LogP contribution in [0.15, 0.2) is 30.5 Å². The van der Waals surface area contributed by atoms with Crippen molar-refractivity contribution in [2.75, 3.05) is 31.8 Å². The number of benzene rings is 1. The zero-order chi connectivity index (χ0) is 27.2. The van der Waals surface area contributed by atoms with Gasteiger partial charge < -0.3 is 25.0 Å². The van der Waals surface area contributed by atoms with Crippen molar-refractivity contribution in [1.82, 2.24) is 14.9 Å². The molecule has 0 unspecified atom stereocenters. The van der Waals surface area contributed by atoms with Crippen molar-refractivity contribution in [2.24, 2.45) is 11.8 Å². The van der Waals surface area contributed by atoms with Crippen molar-refractivity contribution in [3.8, 4) is 17.6 Å². The number of hydrogen-bond donors (Lipinski definition) is 2. The van der Waals surface area contributed by atoms with Gasteiger partial charge in [-0.2, -0.15) is 4.98 Å². The Morgan fingerprint density at radius 2 is 1.89 bits per heavy atom. The second-order valence-electron chi connectivity index (χ2n) is 10.3. The highest BCUT2D eigenvalue weighted by Crippen LogP contribution is 2.36. The summed E-state index contributed by atoms with van der Waals surface area (Å²) in [5.41, 5.74) is 0.954. The molecule has 9 heteroatoms. The molecule has 1 saturated carbocycles. The van der Waals surface area contributed by atoms with E-state index in [0.29, 0.717) is 23.8 Å². The minimum Gasteiger partial charge on any atom is -0.497 e. The molecule has 1 aromatic carbocycles. The molecule has 1 heterocycles. The standard InChI is InChI=1S/C28H37N5O4/c1-18(33(6)27(35)37-28(2,3)4)24(34)16-20-14-19(15-20)8-9-21-17-30-26(29-5)32-25(21)31-22-10-12-23(36-7)13-11-22/h10-13,17-20H,14-16H2,1-7H3,(H2,29,30,31,32)/t18-,19?,20?/m0/s1. The third-order valence-corrected chi connectivity index (χ3v) is 6.23. The number of hydrogen-bond acceptors (Lipinski definition) is 8. The molecule has 1 aliphatic carbocycles. The molecule has 1 fully saturated rings. The summed E-state index contributed by atoms with van der Waals surface area (Å²) >= 11 is 0. The highest BCUT2D eigenvalue weighted by atomic mass is 16.6. The SMILES string of the molecule is CNc1ncc(C#CC2CC(CC(=O)[C@H](C)N(C)C(=O)OC(C)(C)C)C2)c(Nc2ccc(OC)cc2)n1. The molecule has 37 heavy (non-hydrogen) atoms. The maximum Gasteiger partial charge on any atom is 0.410 e. The summed E-state index contributed by atoms with van der Waals surface area (Å²) in [7, 11) is 4.99. The van der Waals surface area contributed by atoms with Gasteiger partial charge in [-0.25, -0.2) is 9.78 Å². The quantitative estimate of drug-likeness (QED) is 0.488. The monoisotopic (exact) mass is 507 g/mol. The molecule has 1 amide bonds. The lowest BCUT2D eigenvalue weighted by molar-refractivity contribution is -0.125. The van der Waals surface area contributed by atoms with Crippen LogP contribution in [0, 0.1) is 23.7 Å². The fourth-order valence-corrected chi connectivity index (χ4v) is 3.86. The van der Waals surface area contributed by atoms with Gasteiger partial charge in [-0.05, 0) is 70.7 Å². The summed E-state index contributed by atoms with van der Waals surface area (Å²) in [5.74, 6) is 8.91. The van der Waals surface area contributed by atoms with Crippen LogP contribution in [0.5, 0.6) is 5.75 Å². The molecule has 1 atom stereocenters. The largest absolute Gasteiger partial charge is 0.497 e. The normalized spacial score (nSPS) is 17.4. The van der Waals surface area contributed by atoms with E-state index in [1.807, 2.05) is 24.3 Å². The first-order valence-corrected chi connectivity index (χ1v) is 12.4. The molecule has 3 rings (SSSR count). The smallest absolute Gasteiger partial charge is 0.410 e. The summed E-state index contributed by atoms with van der Waals surface area (Å²) in [5, 5.41) is 6.25. The van der Waals surface area contributed by atoms with Crippen LogP contribution in [-0.2, 0) is 9.53 Å². The van der Waals surface area contributed by atoms with Gasteiger partial charge in [0.2, 0.25) is 5.95 Å². The van der Waals surface area contributed by atoms with Crippen LogP contribution < -0.4 is 15.4 Å². The Bertz CT molecular complexity index is 1160. The number of anilines is 3. The first kappa shape index (κ1) is 27.8. The Morgan fingerprint density at radius 3 is 2.49 bits per heavy atom. The van der Waals surface area contributed by atoms with Crippen LogP contribution in [0.3, 0.4) is 0 Å². The number of likely N-dealkylation sites (N-methyl/N-ethyl adjacent to an activating group) is 1. The van der Waals surface area contributed by atoms with Crippen LogP contribution in [0.1, 0.15) is 52.5 Å². The molecule has 2 aromatic rings. The molecule has 0 bridgehead atoms. The number of amides is 1. The molecule has 1 aliphatic rings. The van der Waals surface area contributed by atoms with E-state index in [9.17, 15) is 9.59 Å². The van der Waals surface area contributed by atoms with Crippen molar-refractivity contribution >= 4 is 29.3 Å². The number of carbonyl (C=O) groups is 2. The van der Waals surface area contributed by atoms with Crippen LogP contribution >= 0.6 is 0 Å². The predicted octanol–water partition coefficient (Wildman–Crippen LogP) is 4.86. The summed E-state index contributed by atoms with van der Waals surface area (Å²) in [6.07, 6.45) is 3.33. The molecule has 0 aliphatic heterocycles. The maximum absolute atomic E-state index is 12.7.